The van der Waals surface area contributed by atoms with E-state index >= 15 is 0 Å². The van der Waals surface area contributed by atoms with E-state index in [0.29, 0.717) is 31.2 Å². The maximum Gasteiger partial charge on any atom is 0.387 e. The number of thiophene rings is 1. The highest BCUT2D eigenvalue weighted by atomic mass is 127. The first-order valence-electron chi connectivity index (χ1n) is 7.66. The van der Waals surface area contributed by atoms with E-state index in [0.717, 1.165) is 11.1 Å². The maximum absolute atomic E-state index is 12.5. The number of hydrogen-bond acceptors (Lipinski definition) is 3. The van der Waals surface area contributed by atoms with Gasteiger partial charge < -0.3 is 15.4 Å². The summed E-state index contributed by atoms with van der Waals surface area (Å²) >= 11 is 1.63. The Kier molecular flexibility index (Phi) is 9.73. The van der Waals surface area contributed by atoms with Gasteiger partial charge in [-0.1, -0.05) is 17.7 Å². The van der Waals surface area contributed by atoms with Crippen LogP contribution in [0.4, 0.5) is 8.78 Å². The zero-order chi connectivity index (χ0) is 17.4. The number of nitrogens with one attached hydrogen (secondary N) is 2. The summed E-state index contributed by atoms with van der Waals surface area (Å²) in [5.41, 5.74) is 2.78. The predicted molar refractivity (Wildman–Crippen MR) is 109 cm³/mol. The Hall–Kier alpha value is -1.42. The normalized spacial score (nSPS) is 11.2. The van der Waals surface area contributed by atoms with E-state index < -0.39 is 6.61 Å². The van der Waals surface area contributed by atoms with Gasteiger partial charge in [-0.15, -0.1) is 24.0 Å². The Morgan fingerprint density at radius 1 is 1.28 bits per heavy atom. The second kappa shape index (κ2) is 11.2. The van der Waals surface area contributed by atoms with Gasteiger partial charge in [0.15, 0.2) is 5.96 Å². The fraction of sp³-hybridized carbons (Fsp3) is 0.353. The number of aliphatic imine (C=N–C) groups is 1. The van der Waals surface area contributed by atoms with E-state index in [9.17, 15) is 8.78 Å². The molecular weight excluding hydrogens is 459 g/mol. The molecule has 25 heavy (non-hydrogen) atoms. The topological polar surface area (TPSA) is 45.7 Å². The summed E-state index contributed by atoms with van der Waals surface area (Å²) in [7, 11) is 0. The van der Waals surface area contributed by atoms with Crippen LogP contribution in [0.5, 0.6) is 5.75 Å². The molecule has 138 valence electrons. The van der Waals surface area contributed by atoms with Crippen LogP contribution in [0.15, 0.2) is 40.0 Å². The second-order valence-corrected chi connectivity index (χ2v) is 5.95. The fourth-order valence-corrected chi connectivity index (χ4v) is 2.79. The fourth-order valence-electron chi connectivity index (χ4n) is 2.13. The molecule has 0 aliphatic rings. The van der Waals surface area contributed by atoms with Crippen molar-refractivity contribution in [1.29, 1.82) is 0 Å². The number of rotatable bonds is 7. The predicted octanol–water partition coefficient (Wildman–Crippen LogP) is 4.53. The van der Waals surface area contributed by atoms with Gasteiger partial charge >= 0.3 is 6.61 Å². The Balaban J connectivity index is 0.00000312. The Morgan fingerprint density at radius 2 is 2.08 bits per heavy atom. The minimum absolute atomic E-state index is 0. The van der Waals surface area contributed by atoms with Crippen molar-refractivity contribution < 1.29 is 13.5 Å². The third-order valence-corrected chi connectivity index (χ3v) is 3.95. The molecule has 0 atom stereocenters. The molecule has 1 aromatic heterocycles. The molecule has 1 heterocycles. The molecule has 0 radical (unpaired) electrons. The molecule has 0 bridgehead atoms. The summed E-state index contributed by atoms with van der Waals surface area (Å²) in [6.45, 7) is 2.66. The van der Waals surface area contributed by atoms with Crippen molar-refractivity contribution in [2.45, 2.75) is 33.5 Å². The molecule has 0 amide bonds. The molecule has 0 saturated heterocycles. The number of hydrogen-bond donors (Lipinski definition) is 2. The van der Waals surface area contributed by atoms with Crippen LogP contribution in [0.2, 0.25) is 0 Å². The van der Waals surface area contributed by atoms with Crippen molar-refractivity contribution in [2.75, 3.05) is 6.54 Å². The molecular formula is C17H22F2IN3OS. The van der Waals surface area contributed by atoms with Crippen molar-refractivity contribution in [1.82, 2.24) is 10.6 Å². The van der Waals surface area contributed by atoms with Gasteiger partial charge in [0.1, 0.15) is 5.75 Å². The first-order chi connectivity index (χ1) is 11.6. The lowest BCUT2D eigenvalue weighted by Gasteiger charge is -2.15. The van der Waals surface area contributed by atoms with Crippen LogP contribution in [-0.4, -0.2) is 19.1 Å². The van der Waals surface area contributed by atoms with Crippen LogP contribution in [0.3, 0.4) is 0 Å². The van der Waals surface area contributed by atoms with Gasteiger partial charge in [0.2, 0.25) is 0 Å². The number of aryl methyl sites for hydroxylation is 1. The van der Waals surface area contributed by atoms with Crippen LogP contribution in [0.25, 0.3) is 0 Å². The molecule has 4 nitrogen and oxygen atoms in total. The van der Waals surface area contributed by atoms with Gasteiger partial charge in [-0.25, -0.2) is 4.99 Å². The van der Waals surface area contributed by atoms with E-state index in [1.54, 1.807) is 23.5 Å². The summed E-state index contributed by atoms with van der Waals surface area (Å²) in [4.78, 5) is 4.50. The molecule has 0 spiro atoms. The minimum Gasteiger partial charge on any atom is -0.434 e. The summed E-state index contributed by atoms with van der Waals surface area (Å²) in [5.74, 6) is 0.810. The monoisotopic (exact) mass is 481 g/mol. The van der Waals surface area contributed by atoms with Crippen LogP contribution >= 0.6 is 35.3 Å². The van der Waals surface area contributed by atoms with Crippen molar-refractivity contribution in [2.24, 2.45) is 4.99 Å². The van der Waals surface area contributed by atoms with Gasteiger partial charge in [0.25, 0.3) is 0 Å². The Bertz CT molecular complexity index is 666. The van der Waals surface area contributed by atoms with Gasteiger partial charge in [-0.3, -0.25) is 0 Å². The molecule has 0 aliphatic carbocycles. The van der Waals surface area contributed by atoms with Gasteiger partial charge in [0.05, 0.1) is 6.54 Å². The van der Waals surface area contributed by atoms with E-state index in [2.05, 4.69) is 20.4 Å². The number of guanidine groups is 1. The minimum atomic E-state index is -2.84. The lowest BCUT2D eigenvalue weighted by atomic mass is 10.1. The van der Waals surface area contributed by atoms with Crippen molar-refractivity contribution in [3.8, 4) is 5.75 Å². The van der Waals surface area contributed by atoms with Crippen LogP contribution < -0.4 is 15.4 Å². The first kappa shape index (κ1) is 21.6. The zero-order valence-corrected chi connectivity index (χ0v) is 17.2. The van der Waals surface area contributed by atoms with Crippen LogP contribution in [-0.2, 0) is 13.1 Å². The first-order valence-corrected chi connectivity index (χ1v) is 8.60. The smallest absolute Gasteiger partial charge is 0.387 e. The summed E-state index contributed by atoms with van der Waals surface area (Å²) in [6, 6.07) is 7.16. The van der Waals surface area contributed by atoms with E-state index in [1.807, 2.05) is 36.7 Å². The molecule has 1 aromatic carbocycles. The number of halogens is 3. The van der Waals surface area contributed by atoms with E-state index in [-0.39, 0.29) is 29.7 Å². The molecule has 8 heteroatoms. The third kappa shape index (κ3) is 7.55. The molecule has 2 aromatic rings. The quantitative estimate of drug-likeness (QED) is 0.347. The largest absolute Gasteiger partial charge is 0.434 e. The molecule has 0 fully saturated rings. The molecule has 0 aliphatic heterocycles. The van der Waals surface area contributed by atoms with Gasteiger partial charge in [-0.05, 0) is 42.3 Å². The Morgan fingerprint density at radius 3 is 2.72 bits per heavy atom. The highest BCUT2D eigenvalue weighted by Crippen LogP contribution is 2.22. The summed E-state index contributed by atoms with van der Waals surface area (Å²) < 4.78 is 29.6. The van der Waals surface area contributed by atoms with Gasteiger partial charge in [0, 0.05) is 18.7 Å². The molecule has 2 rings (SSSR count). The Labute approximate surface area is 167 Å². The second-order valence-electron chi connectivity index (χ2n) is 5.17. The lowest BCUT2D eigenvalue weighted by Crippen LogP contribution is -2.36. The van der Waals surface area contributed by atoms with E-state index in [4.69, 9.17) is 0 Å². The highest BCUT2D eigenvalue weighted by Gasteiger charge is 2.10. The number of nitrogens with zero attached hydrogens (tertiary/aromatic N) is 1. The summed E-state index contributed by atoms with van der Waals surface area (Å²) in [6.07, 6.45) is 0. The lowest BCUT2D eigenvalue weighted by molar-refractivity contribution is -0.0504. The molecule has 0 unspecified atom stereocenters. The van der Waals surface area contributed by atoms with Crippen molar-refractivity contribution in [3.05, 3.63) is 51.7 Å². The molecule has 2 N–H and O–H groups in total. The average molecular weight is 481 g/mol. The standard InChI is InChI=1S/C17H21F2N3OS.HI/c1-3-20-17(21-9-13-6-7-24-11-13)22-10-14-8-12(2)4-5-15(14)23-16(18)19;/h4-8,11,16H,3,9-10H2,1-2H3,(H2,20,21,22);1H. The van der Waals surface area contributed by atoms with Gasteiger partial charge in [-0.2, -0.15) is 20.1 Å². The highest BCUT2D eigenvalue weighted by molar-refractivity contribution is 14.0. The van der Waals surface area contributed by atoms with E-state index in [1.165, 1.54) is 0 Å². The number of benzene rings is 1. The summed E-state index contributed by atoms with van der Waals surface area (Å²) in [5, 5.41) is 10.4. The van der Waals surface area contributed by atoms with Crippen molar-refractivity contribution >= 4 is 41.3 Å². The van der Waals surface area contributed by atoms with Crippen LogP contribution in [0.1, 0.15) is 23.6 Å². The van der Waals surface area contributed by atoms with Crippen molar-refractivity contribution in [3.63, 3.8) is 0 Å². The molecule has 0 saturated carbocycles. The number of ether oxygens (including phenoxy) is 1. The SMILES string of the molecule is CCNC(=NCc1ccsc1)NCc1cc(C)ccc1OC(F)F.I. The third-order valence-electron chi connectivity index (χ3n) is 3.22. The average Bonchev–Trinajstić information content (AvgIpc) is 3.05. The van der Waals surface area contributed by atoms with Crippen LogP contribution in [0, 0.1) is 6.92 Å². The maximum atomic E-state index is 12.5. The zero-order valence-electron chi connectivity index (χ0n) is 14.1. The number of alkyl halides is 2.